The average Bonchev–Trinajstić information content (AvgIpc) is 2.64. The Hall–Kier alpha value is -2.70. The highest BCUT2D eigenvalue weighted by Crippen LogP contribution is 2.33. The maximum Gasteiger partial charge on any atom is 0.263 e. The van der Waals surface area contributed by atoms with Gasteiger partial charge in [0.2, 0.25) is 5.88 Å². The number of anilines is 1. The monoisotopic (exact) mass is 408 g/mol. The van der Waals surface area contributed by atoms with Crippen LogP contribution >= 0.6 is 23.2 Å². The van der Waals surface area contributed by atoms with Crippen LogP contribution in [0.2, 0.25) is 10.0 Å². The van der Waals surface area contributed by atoms with Crippen molar-refractivity contribution in [2.24, 2.45) is 0 Å². The molecule has 138 valence electrons. The number of benzene rings is 2. The van der Waals surface area contributed by atoms with Gasteiger partial charge in [0.05, 0.1) is 5.02 Å². The third kappa shape index (κ3) is 4.02. The molecule has 0 radical (unpaired) electrons. The summed E-state index contributed by atoms with van der Waals surface area (Å²) < 4.78 is 33.6. The second-order valence-electron chi connectivity index (χ2n) is 5.47. The molecule has 4 nitrogen and oxygen atoms in total. The van der Waals surface area contributed by atoms with Crippen LogP contribution in [0.5, 0.6) is 11.6 Å². The summed E-state index contributed by atoms with van der Waals surface area (Å²) in [6.45, 7) is 0. The van der Waals surface area contributed by atoms with Gasteiger partial charge >= 0.3 is 0 Å². The fraction of sp³-hybridized carbons (Fsp3) is 0.0526. The highest BCUT2D eigenvalue weighted by molar-refractivity contribution is 6.34. The minimum atomic E-state index is -0.866. The standard InChI is InChI=1S/C19H12Cl2F2N2O2/c1-25(17-14(22)5-2-6-15(17)23)19(26)12-4-3-9-24-18(12)27-16-10-11(20)7-8-13(16)21/h2-10H,1H3. The van der Waals surface area contributed by atoms with Gasteiger partial charge in [0.1, 0.15) is 28.6 Å². The van der Waals surface area contributed by atoms with Gasteiger partial charge in [-0.2, -0.15) is 0 Å². The van der Waals surface area contributed by atoms with Gasteiger partial charge in [-0.1, -0.05) is 29.3 Å². The number of rotatable bonds is 4. The Morgan fingerprint density at radius 3 is 2.48 bits per heavy atom. The summed E-state index contributed by atoms with van der Waals surface area (Å²) in [6.07, 6.45) is 1.41. The zero-order valence-electron chi connectivity index (χ0n) is 13.9. The first kappa shape index (κ1) is 19.1. The van der Waals surface area contributed by atoms with E-state index in [-0.39, 0.29) is 22.2 Å². The van der Waals surface area contributed by atoms with Crippen LogP contribution in [-0.2, 0) is 0 Å². The van der Waals surface area contributed by atoms with Crippen LogP contribution in [0.4, 0.5) is 14.5 Å². The Bertz CT molecular complexity index is 994. The molecule has 0 saturated carbocycles. The molecule has 27 heavy (non-hydrogen) atoms. The smallest absolute Gasteiger partial charge is 0.263 e. The number of hydrogen-bond acceptors (Lipinski definition) is 3. The maximum atomic E-state index is 14.0. The number of halogens is 4. The van der Waals surface area contributed by atoms with Crippen molar-refractivity contribution in [2.45, 2.75) is 0 Å². The summed E-state index contributed by atoms with van der Waals surface area (Å²) in [5.74, 6) is -2.32. The zero-order chi connectivity index (χ0) is 19.6. The number of pyridine rings is 1. The Morgan fingerprint density at radius 2 is 1.78 bits per heavy atom. The number of amides is 1. The van der Waals surface area contributed by atoms with Gasteiger partial charge in [-0.3, -0.25) is 4.79 Å². The molecule has 0 fully saturated rings. The molecule has 1 amide bonds. The highest BCUT2D eigenvalue weighted by Gasteiger charge is 2.24. The van der Waals surface area contributed by atoms with Gasteiger partial charge < -0.3 is 9.64 Å². The van der Waals surface area contributed by atoms with Crippen LogP contribution in [-0.4, -0.2) is 17.9 Å². The SMILES string of the molecule is CN(C(=O)c1cccnc1Oc1cc(Cl)ccc1Cl)c1c(F)cccc1F. The van der Waals surface area contributed by atoms with Crippen molar-refractivity contribution in [1.82, 2.24) is 4.98 Å². The van der Waals surface area contributed by atoms with Crippen molar-refractivity contribution >= 4 is 34.8 Å². The van der Waals surface area contributed by atoms with Crippen molar-refractivity contribution in [3.8, 4) is 11.6 Å². The largest absolute Gasteiger partial charge is 0.437 e. The number of hydrogen-bond donors (Lipinski definition) is 0. The number of carbonyl (C=O) groups excluding carboxylic acids is 1. The zero-order valence-corrected chi connectivity index (χ0v) is 15.4. The lowest BCUT2D eigenvalue weighted by Gasteiger charge is -2.20. The topological polar surface area (TPSA) is 42.4 Å². The van der Waals surface area contributed by atoms with E-state index in [2.05, 4.69) is 4.98 Å². The summed E-state index contributed by atoms with van der Waals surface area (Å²) in [6, 6.07) is 10.9. The van der Waals surface area contributed by atoms with Gasteiger partial charge in [0.15, 0.2) is 0 Å². The van der Waals surface area contributed by atoms with E-state index in [0.29, 0.717) is 5.02 Å². The van der Waals surface area contributed by atoms with Crippen LogP contribution in [0, 0.1) is 11.6 Å². The third-order valence-electron chi connectivity index (χ3n) is 3.68. The first-order chi connectivity index (χ1) is 12.9. The van der Waals surface area contributed by atoms with Gasteiger partial charge in [0, 0.05) is 24.3 Å². The summed E-state index contributed by atoms with van der Waals surface area (Å²) in [7, 11) is 1.26. The number of nitrogens with zero attached hydrogens (tertiary/aromatic N) is 2. The molecule has 0 aliphatic rings. The van der Waals surface area contributed by atoms with Crippen LogP contribution in [0.15, 0.2) is 54.7 Å². The Labute approximate surface area is 163 Å². The third-order valence-corrected chi connectivity index (χ3v) is 4.23. The van der Waals surface area contributed by atoms with Gasteiger partial charge in [0.25, 0.3) is 5.91 Å². The summed E-state index contributed by atoms with van der Waals surface area (Å²) in [4.78, 5) is 17.7. The lowest BCUT2D eigenvalue weighted by molar-refractivity contribution is 0.0988. The number of aromatic nitrogens is 1. The number of ether oxygens (including phenoxy) is 1. The van der Waals surface area contributed by atoms with Crippen molar-refractivity contribution in [1.29, 1.82) is 0 Å². The molecule has 3 aromatic rings. The van der Waals surface area contributed by atoms with E-state index in [4.69, 9.17) is 27.9 Å². The van der Waals surface area contributed by atoms with Gasteiger partial charge in [-0.25, -0.2) is 13.8 Å². The first-order valence-corrected chi connectivity index (χ1v) is 8.44. The molecule has 0 aliphatic heterocycles. The normalized spacial score (nSPS) is 10.6. The molecule has 0 aliphatic carbocycles. The predicted molar refractivity (Wildman–Crippen MR) is 99.9 cm³/mol. The molecule has 8 heteroatoms. The van der Waals surface area contributed by atoms with Crippen molar-refractivity contribution in [3.05, 3.63) is 82.0 Å². The molecule has 0 N–H and O–H groups in total. The molecule has 1 heterocycles. The maximum absolute atomic E-state index is 14.0. The number of para-hydroxylation sites is 1. The molecule has 0 unspecified atom stereocenters. The molecule has 0 spiro atoms. The van der Waals surface area contributed by atoms with Crippen molar-refractivity contribution in [2.75, 3.05) is 11.9 Å². The second-order valence-corrected chi connectivity index (χ2v) is 6.31. The quantitative estimate of drug-likeness (QED) is 0.552. The molecule has 3 rings (SSSR count). The lowest BCUT2D eigenvalue weighted by atomic mass is 10.2. The highest BCUT2D eigenvalue weighted by atomic mass is 35.5. The van der Waals surface area contributed by atoms with Crippen LogP contribution in [0.3, 0.4) is 0 Å². The van der Waals surface area contributed by atoms with E-state index in [9.17, 15) is 13.6 Å². The molecule has 2 aromatic carbocycles. The molecular weight excluding hydrogens is 397 g/mol. The minimum Gasteiger partial charge on any atom is -0.437 e. The molecular formula is C19H12Cl2F2N2O2. The Kier molecular flexibility index (Phi) is 5.58. The van der Waals surface area contributed by atoms with Crippen LogP contribution < -0.4 is 9.64 Å². The number of carbonyl (C=O) groups is 1. The fourth-order valence-corrected chi connectivity index (χ4v) is 2.70. The molecule has 0 bridgehead atoms. The van der Waals surface area contributed by atoms with Crippen molar-refractivity contribution in [3.63, 3.8) is 0 Å². The summed E-state index contributed by atoms with van der Waals surface area (Å²) in [5, 5.41) is 0.640. The first-order valence-electron chi connectivity index (χ1n) is 7.68. The lowest BCUT2D eigenvalue weighted by Crippen LogP contribution is -2.28. The molecule has 0 saturated heterocycles. The summed E-state index contributed by atoms with van der Waals surface area (Å²) in [5.41, 5.74) is -0.475. The molecule has 1 aromatic heterocycles. The van der Waals surface area contributed by atoms with E-state index in [0.717, 1.165) is 17.0 Å². The van der Waals surface area contributed by atoms with E-state index in [1.54, 1.807) is 6.07 Å². The van der Waals surface area contributed by atoms with Gasteiger partial charge in [-0.15, -0.1) is 0 Å². The van der Waals surface area contributed by atoms with E-state index in [1.807, 2.05) is 0 Å². The fourth-order valence-electron chi connectivity index (χ4n) is 2.39. The van der Waals surface area contributed by atoms with Crippen LogP contribution in [0.25, 0.3) is 0 Å². The van der Waals surface area contributed by atoms with E-state index in [1.165, 1.54) is 43.6 Å². The second kappa shape index (κ2) is 7.90. The Balaban J connectivity index is 1.98. The Morgan fingerprint density at radius 1 is 1.07 bits per heavy atom. The van der Waals surface area contributed by atoms with Crippen LogP contribution in [0.1, 0.15) is 10.4 Å². The average molecular weight is 409 g/mol. The van der Waals surface area contributed by atoms with Gasteiger partial charge in [-0.05, 0) is 36.4 Å². The van der Waals surface area contributed by atoms with E-state index < -0.39 is 23.2 Å². The predicted octanol–water partition coefficient (Wildman–Crippen LogP) is 5.74. The molecule has 0 atom stereocenters. The van der Waals surface area contributed by atoms with Crippen molar-refractivity contribution < 1.29 is 18.3 Å². The summed E-state index contributed by atoms with van der Waals surface area (Å²) >= 11 is 12.0. The minimum absolute atomic E-state index is 0.00121. The van der Waals surface area contributed by atoms with E-state index >= 15 is 0 Å².